The largest absolute Gasteiger partial charge is 0.497 e. The molecule has 1 aromatic carbocycles. The zero-order valence-corrected chi connectivity index (χ0v) is 11.9. The number of aryl methyl sites for hydroxylation is 1. The van der Waals surface area contributed by atoms with Crippen LogP contribution in [0.4, 0.5) is 0 Å². The molecule has 0 saturated heterocycles. The summed E-state index contributed by atoms with van der Waals surface area (Å²) < 4.78 is 11.8. The van der Waals surface area contributed by atoms with Crippen molar-refractivity contribution in [3.05, 3.63) is 28.9 Å². The standard InChI is InChI=1S/C13H13ClN2O4/c1-16-12(10(14)11(15-16)13(17)18)8-6-7(19-2)4-5-9(8)20-3/h4-6H,1-3H3,(H,17,18). The molecule has 0 amide bonds. The third-order valence-corrected chi connectivity index (χ3v) is 3.21. The van der Waals surface area contributed by atoms with Crippen LogP contribution in [-0.2, 0) is 7.05 Å². The van der Waals surface area contributed by atoms with Crippen LogP contribution in [-0.4, -0.2) is 35.1 Å². The molecular formula is C13H13ClN2O4. The molecule has 0 saturated carbocycles. The van der Waals surface area contributed by atoms with E-state index in [9.17, 15) is 4.79 Å². The van der Waals surface area contributed by atoms with Crippen LogP contribution in [0.2, 0.25) is 5.02 Å². The van der Waals surface area contributed by atoms with Gasteiger partial charge in [-0.1, -0.05) is 11.6 Å². The van der Waals surface area contributed by atoms with Gasteiger partial charge >= 0.3 is 5.97 Å². The Morgan fingerprint density at radius 2 is 2.05 bits per heavy atom. The van der Waals surface area contributed by atoms with Gasteiger partial charge in [0, 0.05) is 12.6 Å². The lowest BCUT2D eigenvalue weighted by molar-refractivity contribution is 0.0690. The Morgan fingerprint density at radius 1 is 1.35 bits per heavy atom. The zero-order valence-electron chi connectivity index (χ0n) is 11.2. The summed E-state index contributed by atoms with van der Waals surface area (Å²) in [6, 6.07) is 5.18. The maximum Gasteiger partial charge on any atom is 0.358 e. The molecule has 0 spiro atoms. The quantitative estimate of drug-likeness (QED) is 0.938. The van der Waals surface area contributed by atoms with Crippen LogP contribution in [0.1, 0.15) is 10.5 Å². The number of aromatic carboxylic acids is 1. The number of hydrogen-bond acceptors (Lipinski definition) is 4. The Bertz CT molecular complexity index is 667. The smallest absolute Gasteiger partial charge is 0.358 e. The molecule has 20 heavy (non-hydrogen) atoms. The van der Waals surface area contributed by atoms with Crippen molar-refractivity contribution in [2.75, 3.05) is 14.2 Å². The summed E-state index contributed by atoms with van der Waals surface area (Å²) in [4.78, 5) is 11.1. The van der Waals surface area contributed by atoms with E-state index >= 15 is 0 Å². The highest BCUT2D eigenvalue weighted by Gasteiger charge is 2.23. The number of carboxylic acids is 1. The molecule has 1 heterocycles. The summed E-state index contributed by atoms with van der Waals surface area (Å²) >= 11 is 6.12. The summed E-state index contributed by atoms with van der Waals surface area (Å²) in [5.74, 6) is -0.0266. The molecule has 2 rings (SSSR count). The average molecular weight is 297 g/mol. The van der Waals surface area contributed by atoms with E-state index in [0.717, 1.165) is 0 Å². The summed E-state index contributed by atoms with van der Waals surface area (Å²) in [7, 11) is 4.68. The minimum Gasteiger partial charge on any atom is -0.497 e. The maximum atomic E-state index is 11.1. The van der Waals surface area contributed by atoms with Crippen molar-refractivity contribution in [2.24, 2.45) is 7.05 Å². The highest BCUT2D eigenvalue weighted by Crippen LogP contribution is 2.38. The van der Waals surface area contributed by atoms with Crippen molar-refractivity contribution < 1.29 is 19.4 Å². The van der Waals surface area contributed by atoms with Gasteiger partial charge in [-0.25, -0.2) is 4.79 Å². The first-order chi connectivity index (χ1) is 9.49. The number of ether oxygens (including phenoxy) is 2. The van der Waals surface area contributed by atoms with Gasteiger partial charge in [-0.15, -0.1) is 0 Å². The van der Waals surface area contributed by atoms with Crippen LogP contribution in [0.3, 0.4) is 0 Å². The second-order valence-electron chi connectivity index (χ2n) is 4.01. The second kappa shape index (κ2) is 5.42. The van der Waals surface area contributed by atoms with Gasteiger partial charge in [-0.3, -0.25) is 4.68 Å². The van der Waals surface area contributed by atoms with Crippen molar-refractivity contribution in [2.45, 2.75) is 0 Å². The summed E-state index contributed by atoms with van der Waals surface area (Å²) in [5.41, 5.74) is 0.869. The van der Waals surface area contributed by atoms with E-state index in [4.69, 9.17) is 26.2 Å². The molecule has 2 aromatic rings. The molecule has 6 nitrogen and oxygen atoms in total. The Kier molecular flexibility index (Phi) is 3.85. The van der Waals surface area contributed by atoms with Gasteiger partial charge in [0.15, 0.2) is 5.69 Å². The third kappa shape index (κ3) is 2.30. The van der Waals surface area contributed by atoms with Gasteiger partial charge in [-0.05, 0) is 18.2 Å². The van der Waals surface area contributed by atoms with Crippen molar-refractivity contribution >= 4 is 17.6 Å². The summed E-state index contributed by atoms with van der Waals surface area (Å²) in [6.45, 7) is 0. The lowest BCUT2D eigenvalue weighted by Crippen LogP contribution is -2.00. The van der Waals surface area contributed by atoms with Crippen LogP contribution < -0.4 is 9.47 Å². The maximum absolute atomic E-state index is 11.1. The molecule has 0 aliphatic rings. The molecule has 7 heteroatoms. The van der Waals surface area contributed by atoms with Gasteiger partial charge in [0.1, 0.15) is 16.5 Å². The average Bonchev–Trinajstić information content (AvgIpc) is 2.73. The molecule has 0 atom stereocenters. The number of nitrogens with zero attached hydrogens (tertiary/aromatic N) is 2. The SMILES string of the molecule is COc1ccc(OC)c(-c2c(Cl)c(C(=O)O)nn2C)c1. The number of hydrogen-bond donors (Lipinski definition) is 1. The van der Waals surface area contributed by atoms with E-state index in [1.165, 1.54) is 11.8 Å². The molecular weight excluding hydrogens is 284 g/mol. The van der Waals surface area contributed by atoms with Crippen molar-refractivity contribution in [1.82, 2.24) is 9.78 Å². The van der Waals surface area contributed by atoms with E-state index in [2.05, 4.69) is 5.10 Å². The molecule has 106 valence electrons. The van der Waals surface area contributed by atoms with Crippen LogP contribution in [0.25, 0.3) is 11.3 Å². The summed E-state index contributed by atoms with van der Waals surface area (Å²) in [6.07, 6.45) is 0. The molecule has 0 unspecified atom stereocenters. The molecule has 0 aliphatic carbocycles. The molecule has 0 radical (unpaired) electrons. The zero-order chi connectivity index (χ0) is 14.9. The third-order valence-electron chi connectivity index (χ3n) is 2.85. The molecule has 1 aromatic heterocycles. The number of benzene rings is 1. The number of carboxylic acid groups (broad SMARTS) is 1. The first kappa shape index (κ1) is 14.2. The van der Waals surface area contributed by atoms with Gasteiger partial charge in [0.2, 0.25) is 0 Å². The fourth-order valence-electron chi connectivity index (χ4n) is 1.93. The Hall–Kier alpha value is -2.21. The molecule has 1 N–H and O–H groups in total. The van der Waals surface area contributed by atoms with Crippen LogP contribution in [0, 0.1) is 0 Å². The first-order valence-electron chi connectivity index (χ1n) is 5.67. The van der Waals surface area contributed by atoms with E-state index in [1.807, 2.05) is 0 Å². The van der Waals surface area contributed by atoms with Crippen molar-refractivity contribution in [1.29, 1.82) is 0 Å². The van der Waals surface area contributed by atoms with Gasteiger partial charge < -0.3 is 14.6 Å². The van der Waals surface area contributed by atoms with Crippen LogP contribution >= 0.6 is 11.6 Å². The Morgan fingerprint density at radius 3 is 2.55 bits per heavy atom. The highest BCUT2D eigenvalue weighted by atomic mass is 35.5. The monoisotopic (exact) mass is 296 g/mol. The highest BCUT2D eigenvalue weighted by molar-refractivity contribution is 6.35. The molecule has 0 aliphatic heterocycles. The Balaban J connectivity index is 2.70. The van der Waals surface area contributed by atoms with E-state index < -0.39 is 5.97 Å². The van der Waals surface area contributed by atoms with Gasteiger partial charge in [0.25, 0.3) is 0 Å². The van der Waals surface area contributed by atoms with Crippen molar-refractivity contribution in [3.63, 3.8) is 0 Å². The van der Waals surface area contributed by atoms with E-state index in [1.54, 1.807) is 32.4 Å². The summed E-state index contributed by atoms with van der Waals surface area (Å²) in [5, 5.41) is 13.0. The van der Waals surface area contributed by atoms with Gasteiger partial charge in [0.05, 0.1) is 19.9 Å². The van der Waals surface area contributed by atoms with Crippen LogP contribution in [0.15, 0.2) is 18.2 Å². The molecule has 0 bridgehead atoms. The predicted molar refractivity (Wildman–Crippen MR) is 73.7 cm³/mol. The Labute approximate surface area is 120 Å². The van der Waals surface area contributed by atoms with E-state index in [-0.39, 0.29) is 10.7 Å². The van der Waals surface area contributed by atoms with E-state index in [0.29, 0.717) is 22.8 Å². The predicted octanol–water partition coefficient (Wildman–Crippen LogP) is 2.46. The number of carbonyl (C=O) groups is 1. The minimum absolute atomic E-state index is 0.0616. The lowest BCUT2D eigenvalue weighted by atomic mass is 10.1. The number of methoxy groups -OCH3 is 2. The van der Waals surface area contributed by atoms with Gasteiger partial charge in [-0.2, -0.15) is 5.10 Å². The first-order valence-corrected chi connectivity index (χ1v) is 6.05. The fourth-order valence-corrected chi connectivity index (χ4v) is 2.27. The lowest BCUT2D eigenvalue weighted by Gasteiger charge is -2.11. The normalized spacial score (nSPS) is 10.4. The van der Waals surface area contributed by atoms with Crippen LogP contribution in [0.5, 0.6) is 11.5 Å². The minimum atomic E-state index is -1.18. The number of rotatable bonds is 4. The number of aromatic nitrogens is 2. The number of halogens is 1. The fraction of sp³-hybridized carbons (Fsp3) is 0.231. The second-order valence-corrected chi connectivity index (χ2v) is 4.38. The van der Waals surface area contributed by atoms with Crippen molar-refractivity contribution in [3.8, 4) is 22.8 Å². The topological polar surface area (TPSA) is 73.6 Å². The molecule has 0 fully saturated rings.